The highest BCUT2D eigenvalue weighted by Gasteiger charge is 1.98. The lowest BCUT2D eigenvalue weighted by atomic mass is 10.2. The Morgan fingerprint density at radius 3 is 1.82 bits per heavy atom. The number of carbonyl (C=O) groups excluding carboxylic acids is 1. The molecule has 4 heteroatoms. The van der Waals surface area contributed by atoms with Gasteiger partial charge in [-0.05, 0) is 12.1 Å². The Morgan fingerprint density at radius 1 is 1.09 bits per heavy atom. The molecule has 0 radical (unpaired) electrons. The van der Waals surface area contributed by atoms with Gasteiger partial charge in [0.25, 0.3) is 0 Å². The lowest BCUT2D eigenvalue weighted by molar-refractivity contribution is -0.255. The molecule has 0 aliphatic heterocycles. The first-order valence-corrected chi connectivity index (χ1v) is 2.72. The number of amides is 1. The number of halogens is 2. The standard InChI is InChI=1S/C7H7NO.2ClH/c8-7(9)6-4-2-1-3-5-6;;/h1-5H,(H2,8,9);2*1H/p-1. The highest BCUT2D eigenvalue weighted by atomic mass is 35.5. The van der Waals surface area contributed by atoms with E-state index in [0.717, 1.165) is 0 Å². The Labute approximate surface area is 77.6 Å². The van der Waals surface area contributed by atoms with E-state index in [0.29, 0.717) is 5.56 Å². The van der Waals surface area contributed by atoms with Crippen molar-refractivity contribution in [3.8, 4) is 0 Å². The Hall–Kier alpha value is -0.570. The molecule has 0 heterocycles. The Kier molecular flexibility index (Phi) is 7.31. The zero-order chi connectivity index (χ0) is 6.69. The average Bonchev–Trinajstić information content (AvgIpc) is 1.90. The third-order valence-corrected chi connectivity index (χ3v) is 1.10. The highest BCUT2D eigenvalue weighted by Crippen LogP contribution is 1.93. The predicted molar refractivity (Wildman–Crippen MR) is 33.7 cm³/mol. The van der Waals surface area contributed by atoms with Gasteiger partial charge < -0.3 is 24.8 Å². The van der Waals surface area contributed by atoms with E-state index in [4.69, 9.17) is 0 Å². The monoisotopic (exact) mass is 192 g/mol. The summed E-state index contributed by atoms with van der Waals surface area (Å²) in [5.41, 5.74) is 3.93. The van der Waals surface area contributed by atoms with Crippen LogP contribution in [0.25, 0.3) is 0 Å². The van der Waals surface area contributed by atoms with Crippen molar-refractivity contribution in [1.29, 1.82) is 0 Å². The lowest BCUT2D eigenvalue weighted by Crippen LogP contribution is -3.00. The molecule has 1 aromatic rings. The molecule has 1 aromatic carbocycles. The molecule has 0 saturated heterocycles. The van der Waals surface area contributed by atoms with Crippen LogP contribution in [0.5, 0.6) is 0 Å². The smallest absolute Gasteiger partial charge is 0.340 e. The van der Waals surface area contributed by atoms with Gasteiger partial charge in [0.15, 0.2) is 0 Å². The first-order chi connectivity index (χ1) is 4.30. The van der Waals surface area contributed by atoms with Crippen LogP contribution in [0.1, 0.15) is 10.4 Å². The van der Waals surface area contributed by atoms with Crippen LogP contribution in [-0.4, -0.2) is 5.91 Å². The largest absolute Gasteiger partial charge is 1.00 e. The van der Waals surface area contributed by atoms with Crippen LogP contribution in [0.4, 0.5) is 0 Å². The van der Waals surface area contributed by atoms with Crippen LogP contribution in [0, 0.1) is 0 Å². The minimum absolute atomic E-state index is 0. The summed E-state index contributed by atoms with van der Waals surface area (Å²) >= 11 is 0. The second-order valence-corrected chi connectivity index (χ2v) is 1.79. The summed E-state index contributed by atoms with van der Waals surface area (Å²) in [4.78, 5) is 10.5. The Bertz CT molecular complexity index is 213. The van der Waals surface area contributed by atoms with E-state index in [1.807, 2.05) is 18.2 Å². The maximum absolute atomic E-state index is 10.5. The first-order valence-electron chi connectivity index (χ1n) is 2.72. The van der Waals surface area contributed by atoms with Gasteiger partial charge in [-0.25, -0.2) is 4.79 Å². The maximum Gasteiger partial charge on any atom is 0.340 e. The second-order valence-electron chi connectivity index (χ2n) is 1.79. The van der Waals surface area contributed by atoms with Gasteiger partial charge in [-0.3, -0.25) is 5.73 Å². The Morgan fingerprint density at radius 2 is 1.55 bits per heavy atom. The van der Waals surface area contributed by atoms with E-state index in [9.17, 15) is 4.79 Å². The van der Waals surface area contributed by atoms with E-state index >= 15 is 0 Å². The van der Waals surface area contributed by atoms with Gasteiger partial charge in [-0.15, -0.1) is 0 Å². The molecule has 0 spiro atoms. The van der Waals surface area contributed by atoms with E-state index in [-0.39, 0.29) is 30.7 Å². The van der Waals surface area contributed by atoms with Crippen LogP contribution < -0.4 is 30.5 Å². The molecule has 0 bridgehead atoms. The summed E-state index contributed by atoms with van der Waals surface area (Å²) in [5, 5.41) is 0. The number of rotatable bonds is 1. The van der Waals surface area contributed by atoms with Gasteiger partial charge in [0.2, 0.25) is 0 Å². The summed E-state index contributed by atoms with van der Waals surface area (Å²) in [6.45, 7) is 0. The SMILES string of the molecule is [Cl-].[Cl-].[NH3+]C(=O)c1ccccc1. The lowest BCUT2D eigenvalue weighted by Gasteiger charge is -1.85. The van der Waals surface area contributed by atoms with Crippen molar-refractivity contribution in [2.24, 2.45) is 0 Å². The molecule has 2 nitrogen and oxygen atoms in total. The quantitative estimate of drug-likeness (QED) is 0.474. The van der Waals surface area contributed by atoms with Gasteiger partial charge in [-0.2, -0.15) is 0 Å². The summed E-state index contributed by atoms with van der Waals surface area (Å²) in [7, 11) is 0. The number of carbonyl (C=O) groups is 1. The van der Waals surface area contributed by atoms with Crippen LogP contribution in [0.2, 0.25) is 0 Å². The third kappa shape index (κ3) is 3.98. The van der Waals surface area contributed by atoms with Crippen molar-refractivity contribution < 1.29 is 35.3 Å². The van der Waals surface area contributed by atoms with Crippen molar-refractivity contribution in [1.82, 2.24) is 0 Å². The van der Waals surface area contributed by atoms with Crippen molar-refractivity contribution in [2.75, 3.05) is 0 Å². The van der Waals surface area contributed by atoms with Gasteiger partial charge in [0.05, 0.1) is 5.56 Å². The maximum atomic E-state index is 10.5. The number of hydrogen-bond donors (Lipinski definition) is 1. The zero-order valence-corrected chi connectivity index (χ0v) is 7.27. The molecule has 11 heavy (non-hydrogen) atoms. The molecule has 3 N–H and O–H groups in total. The fourth-order valence-corrected chi connectivity index (χ4v) is 0.624. The molecule has 0 aliphatic carbocycles. The summed E-state index contributed by atoms with van der Waals surface area (Å²) < 4.78 is 0. The van der Waals surface area contributed by atoms with Crippen molar-refractivity contribution >= 4 is 5.91 Å². The van der Waals surface area contributed by atoms with Crippen LogP contribution in [0.15, 0.2) is 30.3 Å². The highest BCUT2D eigenvalue weighted by molar-refractivity contribution is 5.85. The van der Waals surface area contributed by atoms with E-state index in [1.54, 1.807) is 12.1 Å². The van der Waals surface area contributed by atoms with E-state index in [1.165, 1.54) is 0 Å². The average molecular weight is 193 g/mol. The topological polar surface area (TPSA) is 44.7 Å². The minimum Gasteiger partial charge on any atom is -1.00 e. The molecule has 0 aliphatic rings. The molecule has 0 unspecified atom stereocenters. The van der Waals surface area contributed by atoms with Crippen molar-refractivity contribution in [2.45, 2.75) is 0 Å². The van der Waals surface area contributed by atoms with Crippen molar-refractivity contribution in [3.63, 3.8) is 0 Å². The van der Waals surface area contributed by atoms with Crippen LogP contribution in [0.3, 0.4) is 0 Å². The fraction of sp³-hybridized carbons (Fsp3) is 0. The van der Waals surface area contributed by atoms with Crippen LogP contribution >= 0.6 is 0 Å². The van der Waals surface area contributed by atoms with Crippen molar-refractivity contribution in [3.05, 3.63) is 35.9 Å². The summed E-state index contributed by atoms with van der Waals surface area (Å²) in [6, 6.07) is 8.99. The van der Waals surface area contributed by atoms with E-state index in [2.05, 4.69) is 5.73 Å². The summed E-state index contributed by atoms with van der Waals surface area (Å²) in [6.07, 6.45) is 0. The fourth-order valence-electron chi connectivity index (χ4n) is 0.624. The molecular formula is C7H8Cl2NO-. The van der Waals surface area contributed by atoms with Gasteiger partial charge >= 0.3 is 5.91 Å². The van der Waals surface area contributed by atoms with Gasteiger partial charge in [-0.1, -0.05) is 18.2 Å². The Balaban J connectivity index is 0. The third-order valence-electron chi connectivity index (χ3n) is 1.10. The summed E-state index contributed by atoms with van der Waals surface area (Å²) in [5.74, 6) is -0.129. The predicted octanol–water partition coefficient (Wildman–Crippen LogP) is -5.92. The molecule has 1 amide bonds. The van der Waals surface area contributed by atoms with Gasteiger partial charge in [0, 0.05) is 0 Å². The molecule has 0 saturated carbocycles. The molecular weight excluding hydrogens is 185 g/mol. The molecule has 0 fully saturated rings. The first kappa shape index (κ1) is 13.1. The van der Waals surface area contributed by atoms with E-state index < -0.39 is 0 Å². The molecule has 1 rings (SSSR count). The minimum atomic E-state index is -0.129. The molecule has 0 atom stereocenters. The van der Waals surface area contributed by atoms with Crippen LogP contribution in [-0.2, 0) is 0 Å². The molecule has 62 valence electrons. The number of quaternary nitrogens is 1. The zero-order valence-electron chi connectivity index (χ0n) is 5.76. The molecule has 0 aromatic heterocycles. The number of hydrogen-bond acceptors (Lipinski definition) is 1. The normalized spacial score (nSPS) is 7.36. The number of benzene rings is 1. The second kappa shape index (κ2) is 6.16. The van der Waals surface area contributed by atoms with Gasteiger partial charge in [0.1, 0.15) is 0 Å².